The molecule has 1 nitrogen and oxygen atoms in total. The quantitative estimate of drug-likeness (QED) is 0.643. The highest BCUT2D eigenvalue weighted by Crippen LogP contribution is 2.32. The van der Waals surface area contributed by atoms with E-state index in [1.807, 2.05) is 11.8 Å². The van der Waals surface area contributed by atoms with Crippen LogP contribution in [0.5, 0.6) is 0 Å². The molecule has 0 spiro atoms. The molecule has 0 saturated heterocycles. The summed E-state index contributed by atoms with van der Waals surface area (Å²) in [5.74, 6) is 0. The highest BCUT2D eigenvalue weighted by Gasteiger charge is 2.24. The van der Waals surface area contributed by atoms with Gasteiger partial charge < -0.3 is 5.32 Å². The minimum atomic E-state index is 0.275. The van der Waals surface area contributed by atoms with Crippen molar-refractivity contribution in [2.24, 2.45) is 0 Å². The third-order valence-electron chi connectivity index (χ3n) is 3.61. The predicted octanol–water partition coefficient (Wildman–Crippen LogP) is 5.66. The van der Waals surface area contributed by atoms with Crippen LogP contribution < -0.4 is 5.32 Å². The second-order valence-electron chi connectivity index (χ2n) is 4.52. The first-order chi connectivity index (χ1) is 8.99. The third-order valence-corrected chi connectivity index (χ3v) is 6.39. The number of halogens is 3. The standard InChI is InChI=1S/C14H20Cl3NS/c1-4-14(5-2,19-3)9-18-8-10-11(15)6-7-12(16)13(10)17/h6-7,18H,4-5,8-9H2,1-3H3. The molecule has 108 valence electrons. The molecule has 0 amide bonds. The van der Waals surface area contributed by atoms with E-state index in [2.05, 4.69) is 25.4 Å². The molecule has 0 radical (unpaired) electrons. The average molecular weight is 341 g/mol. The van der Waals surface area contributed by atoms with Gasteiger partial charge in [-0.1, -0.05) is 48.7 Å². The highest BCUT2D eigenvalue weighted by atomic mass is 35.5. The molecule has 1 rings (SSSR count). The van der Waals surface area contributed by atoms with Crippen LogP contribution in [0.15, 0.2) is 12.1 Å². The number of thioether (sulfide) groups is 1. The molecule has 1 N–H and O–H groups in total. The van der Waals surface area contributed by atoms with Gasteiger partial charge >= 0.3 is 0 Å². The second-order valence-corrected chi connectivity index (χ2v) is 6.99. The summed E-state index contributed by atoms with van der Waals surface area (Å²) in [5, 5.41) is 5.21. The van der Waals surface area contributed by atoms with E-state index in [0.29, 0.717) is 21.6 Å². The van der Waals surface area contributed by atoms with Gasteiger partial charge in [-0.15, -0.1) is 0 Å². The molecule has 5 heteroatoms. The fourth-order valence-corrected chi connectivity index (χ4v) is 3.51. The Labute approximate surface area is 135 Å². The van der Waals surface area contributed by atoms with Crippen LogP contribution in [0.2, 0.25) is 15.1 Å². The molecule has 0 aliphatic rings. The Bertz CT molecular complexity index is 411. The van der Waals surface area contributed by atoms with Crippen LogP contribution in [-0.2, 0) is 6.54 Å². The van der Waals surface area contributed by atoms with Crippen molar-refractivity contribution in [1.82, 2.24) is 5.32 Å². The molecule has 1 aromatic rings. The third kappa shape index (κ3) is 4.44. The Balaban J connectivity index is 2.70. The van der Waals surface area contributed by atoms with E-state index < -0.39 is 0 Å². The molecular formula is C14H20Cl3NS. The predicted molar refractivity (Wildman–Crippen MR) is 90.0 cm³/mol. The van der Waals surface area contributed by atoms with Gasteiger partial charge in [0.25, 0.3) is 0 Å². The van der Waals surface area contributed by atoms with Gasteiger partial charge in [0.15, 0.2) is 0 Å². The number of hydrogen-bond acceptors (Lipinski definition) is 2. The lowest BCUT2D eigenvalue weighted by Gasteiger charge is -2.30. The van der Waals surface area contributed by atoms with Crippen LogP contribution in [0.25, 0.3) is 0 Å². The van der Waals surface area contributed by atoms with Crippen molar-refractivity contribution in [2.75, 3.05) is 12.8 Å². The second kappa shape index (κ2) is 7.99. The summed E-state index contributed by atoms with van der Waals surface area (Å²) >= 11 is 20.3. The molecule has 0 aliphatic heterocycles. The normalized spacial score (nSPS) is 11.9. The van der Waals surface area contributed by atoms with Gasteiger partial charge in [-0.05, 0) is 31.2 Å². The summed E-state index contributed by atoms with van der Waals surface area (Å²) < 4.78 is 0.275. The fraction of sp³-hybridized carbons (Fsp3) is 0.571. The maximum absolute atomic E-state index is 6.19. The van der Waals surface area contributed by atoms with Gasteiger partial charge in [0.05, 0.1) is 10.0 Å². The Morgan fingerprint density at radius 3 is 2.21 bits per heavy atom. The zero-order chi connectivity index (χ0) is 14.5. The highest BCUT2D eigenvalue weighted by molar-refractivity contribution is 8.00. The van der Waals surface area contributed by atoms with Gasteiger partial charge in [0.1, 0.15) is 0 Å². The molecule has 0 heterocycles. The van der Waals surface area contributed by atoms with Crippen LogP contribution in [0.3, 0.4) is 0 Å². The van der Waals surface area contributed by atoms with E-state index in [1.165, 1.54) is 0 Å². The maximum Gasteiger partial charge on any atom is 0.0652 e. The molecule has 0 fully saturated rings. The molecule has 1 aromatic carbocycles. The number of benzene rings is 1. The van der Waals surface area contributed by atoms with Crippen LogP contribution in [0.1, 0.15) is 32.3 Å². The van der Waals surface area contributed by atoms with Crippen LogP contribution >= 0.6 is 46.6 Å². The fourth-order valence-electron chi connectivity index (χ4n) is 2.01. The smallest absolute Gasteiger partial charge is 0.0652 e. The lowest BCUT2D eigenvalue weighted by molar-refractivity contribution is 0.495. The zero-order valence-corrected chi connectivity index (χ0v) is 14.6. The lowest BCUT2D eigenvalue weighted by Crippen LogP contribution is -2.36. The minimum Gasteiger partial charge on any atom is -0.311 e. The summed E-state index contributed by atoms with van der Waals surface area (Å²) in [6, 6.07) is 3.51. The van der Waals surface area contributed by atoms with E-state index in [1.54, 1.807) is 12.1 Å². The van der Waals surface area contributed by atoms with Gasteiger partial charge in [-0.3, -0.25) is 0 Å². The summed E-state index contributed by atoms with van der Waals surface area (Å²) in [5.41, 5.74) is 0.873. The first-order valence-electron chi connectivity index (χ1n) is 6.38. The Morgan fingerprint density at radius 1 is 1.11 bits per heavy atom. The van der Waals surface area contributed by atoms with Crippen molar-refractivity contribution in [3.8, 4) is 0 Å². The molecule has 19 heavy (non-hydrogen) atoms. The van der Waals surface area contributed by atoms with Gasteiger partial charge in [-0.25, -0.2) is 0 Å². The van der Waals surface area contributed by atoms with Crippen molar-refractivity contribution in [1.29, 1.82) is 0 Å². The summed E-state index contributed by atoms with van der Waals surface area (Å²) in [6.45, 7) is 6.02. The van der Waals surface area contributed by atoms with Crippen molar-refractivity contribution >= 4 is 46.6 Å². The molecule has 0 bridgehead atoms. The molecule has 0 unspecified atom stereocenters. The van der Waals surface area contributed by atoms with Crippen molar-refractivity contribution in [3.05, 3.63) is 32.8 Å². The largest absolute Gasteiger partial charge is 0.311 e. The summed E-state index contributed by atoms with van der Waals surface area (Å²) in [4.78, 5) is 0. The van der Waals surface area contributed by atoms with Gasteiger partial charge in [-0.2, -0.15) is 11.8 Å². The van der Waals surface area contributed by atoms with Crippen molar-refractivity contribution < 1.29 is 0 Å². The molecular weight excluding hydrogens is 321 g/mol. The topological polar surface area (TPSA) is 12.0 Å². The molecule has 0 saturated carbocycles. The van der Waals surface area contributed by atoms with Gasteiger partial charge in [0, 0.05) is 28.4 Å². The van der Waals surface area contributed by atoms with E-state index in [4.69, 9.17) is 34.8 Å². The number of hydrogen-bond donors (Lipinski definition) is 1. The Kier molecular flexibility index (Phi) is 7.34. The van der Waals surface area contributed by atoms with E-state index in [-0.39, 0.29) is 4.75 Å². The van der Waals surface area contributed by atoms with Crippen molar-refractivity contribution in [3.63, 3.8) is 0 Å². The first-order valence-corrected chi connectivity index (χ1v) is 8.73. The van der Waals surface area contributed by atoms with Crippen LogP contribution in [0.4, 0.5) is 0 Å². The molecule has 0 aromatic heterocycles. The van der Waals surface area contributed by atoms with Crippen LogP contribution in [0, 0.1) is 0 Å². The lowest BCUT2D eigenvalue weighted by atomic mass is 10.0. The Morgan fingerprint density at radius 2 is 1.68 bits per heavy atom. The maximum atomic E-state index is 6.19. The van der Waals surface area contributed by atoms with Gasteiger partial charge in [0.2, 0.25) is 0 Å². The van der Waals surface area contributed by atoms with E-state index >= 15 is 0 Å². The molecule has 0 atom stereocenters. The van der Waals surface area contributed by atoms with Crippen LogP contribution in [-0.4, -0.2) is 17.5 Å². The monoisotopic (exact) mass is 339 g/mol. The average Bonchev–Trinajstić information content (AvgIpc) is 2.43. The van der Waals surface area contributed by atoms with E-state index in [0.717, 1.165) is 24.9 Å². The zero-order valence-electron chi connectivity index (χ0n) is 11.5. The summed E-state index contributed by atoms with van der Waals surface area (Å²) in [7, 11) is 0. The number of rotatable bonds is 7. The molecule has 0 aliphatic carbocycles. The van der Waals surface area contributed by atoms with E-state index in [9.17, 15) is 0 Å². The van der Waals surface area contributed by atoms with Crippen molar-refractivity contribution in [2.45, 2.75) is 38.0 Å². The summed E-state index contributed by atoms with van der Waals surface area (Å²) in [6.07, 6.45) is 4.43. The Hall–Kier alpha value is 0.400. The SMILES string of the molecule is CCC(CC)(CNCc1c(Cl)ccc(Cl)c1Cl)SC. The number of nitrogens with one attached hydrogen (secondary N) is 1. The first kappa shape index (κ1) is 17.5. The minimum absolute atomic E-state index is 0.275.